The molecule has 0 radical (unpaired) electrons. The Bertz CT molecular complexity index is 1000. The molecule has 0 saturated carbocycles. The Labute approximate surface area is 138 Å². The first kappa shape index (κ1) is 14.5. The van der Waals surface area contributed by atoms with Gasteiger partial charge < -0.3 is 0 Å². The molecule has 0 bridgehead atoms. The van der Waals surface area contributed by atoms with Gasteiger partial charge >= 0.3 is 0 Å². The van der Waals surface area contributed by atoms with Gasteiger partial charge in [0, 0.05) is 24.8 Å². The minimum Gasteiger partial charge on any atom is -0.294 e. The van der Waals surface area contributed by atoms with Crippen LogP contribution in [0.1, 0.15) is 5.82 Å². The number of pyridine rings is 1. The van der Waals surface area contributed by atoms with Gasteiger partial charge in [0.1, 0.15) is 5.82 Å². The summed E-state index contributed by atoms with van der Waals surface area (Å²) in [5, 5.41) is 9.49. The van der Waals surface area contributed by atoms with Gasteiger partial charge in [-0.2, -0.15) is 5.26 Å². The number of fused-ring (bicyclic) bond motifs is 2. The van der Waals surface area contributed by atoms with Crippen LogP contribution < -0.4 is 5.56 Å². The van der Waals surface area contributed by atoms with Crippen LogP contribution in [0.2, 0.25) is 0 Å². The van der Waals surface area contributed by atoms with Gasteiger partial charge in [-0.1, -0.05) is 12.1 Å². The zero-order valence-corrected chi connectivity index (χ0v) is 13.0. The van der Waals surface area contributed by atoms with Crippen LogP contribution in [0.15, 0.2) is 47.4 Å². The summed E-state index contributed by atoms with van der Waals surface area (Å²) in [4.78, 5) is 23.7. The van der Waals surface area contributed by atoms with Crippen molar-refractivity contribution < 1.29 is 0 Å². The normalized spacial score (nSPS) is 14.3. The molecule has 0 spiro atoms. The third-order valence-electron chi connectivity index (χ3n) is 4.29. The Morgan fingerprint density at radius 3 is 2.92 bits per heavy atom. The molecule has 0 amide bonds. The Hall–Kier alpha value is -3.04. The summed E-state index contributed by atoms with van der Waals surface area (Å²) in [5.41, 5.74) is 2.45. The van der Waals surface area contributed by atoms with Crippen molar-refractivity contribution in [3.05, 3.63) is 58.8 Å². The van der Waals surface area contributed by atoms with Crippen molar-refractivity contribution in [2.45, 2.75) is 13.1 Å². The standard InChI is InChI=1S/C18H15N5O/c19-6-8-22-9-10-23-17(12-22)21-16-11-13(4-5-14(16)18(23)24)15-3-1-2-7-20-15/h1-5,7,11H,8-10,12H2. The molecule has 3 heterocycles. The Morgan fingerprint density at radius 2 is 2.12 bits per heavy atom. The second-order valence-electron chi connectivity index (χ2n) is 5.80. The third kappa shape index (κ3) is 2.45. The zero-order chi connectivity index (χ0) is 16.5. The van der Waals surface area contributed by atoms with E-state index in [-0.39, 0.29) is 5.56 Å². The van der Waals surface area contributed by atoms with E-state index < -0.39 is 0 Å². The predicted molar refractivity (Wildman–Crippen MR) is 90.1 cm³/mol. The van der Waals surface area contributed by atoms with Crippen LogP contribution in [0.4, 0.5) is 0 Å². The summed E-state index contributed by atoms with van der Waals surface area (Å²) in [5.74, 6) is 0.715. The first-order valence-corrected chi connectivity index (χ1v) is 7.80. The van der Waals surface area contributed by atoms with Gasteiger partial charge in [0.15, 0.2) is 0 Å². The van der Waals surface area contributed by atoms with E-state index in [0.717, 1.165) is 11.3 Å². The Balaban J connectivity index is 1.84. The molecular formula is C18H15N5O. The first-order valence-electron chi connectivity index (χ1n) is 7.80. The minimum absolute atomic E-state index is 0.0146. The summed E-state index contributed by atoms with van der Waals surface area (Å²) in [7, 11) is 0. The predicted octanol–water partition coefficient (Wildman–Crippen LogP) is 1.80. The number of hydrogen-bond donors (Lipinski definition) is 0. The zero-order valence-electron chi connectivity index (χ0n) is 13.0. The highest BCUT2D eigenvalue weighted by Crippen LogP contribution is 2.21. The lowest BCUT2D eigenvalue weighted by molar-refractivity contribution is 0.237. The SMILES string of the molecule is N#CCN1CCn2c(nc3cc(-c4ccccn4)ccc3c2=O)C1. The topological polar surface area (TPSA) is 74.8 Å². The van der Waals surface area contributed by atoms with Crippen LogP contribution in [0.5, 0.6) is 0 Å². The Kier molecular flexibility index (Phi) is 3.56. The molecule has 0 fully saturated rings. The van der Waals surface area contributed by atoms with Crippen molar-refractivity contribution in [3.63, 3.8) is 0 Å². The molecule has 1 aliphatic rings. The van der Waals surface area contributed by atoms with Gasteiger partial charge in [0.2, 0.25) is 0 Å². The molecule has 0 aliphatic carbocycles. The molecule has 2 aromatic heterocycles. The molecule has 1 aromatic carbocycles. The fourth-order valence-electron chi connectivity index (χ4n) is 3.07. The quantitative estimate of drug-likeness (QED) is 0.674. The molecule has 0 atom stereocenters. The second kappa shape index (κ2) is 5.87. The van der Waals surface area contributed by atoms with Gasteiger partial charge in [-0.25, -0.2) is 4.98 Å². The Morgan fingerprint density at radius 1 is 1.21 bits per heavy atom. The van der Waals surface area contributed by atoms with E-state index in [4.69, 9.17) is 5.26 Å². The van der Waals surface area contributed by atoms with Crippen molar-refractivity contribution >= 4 is 10.9 Å². The number of nitrogens with zero attached hydrogens (tertiary/aromatic N) is 5. The van der Waals surface area contributed by atoms with E-state index in [1.54, 1.807) is 10.8 Å². The lowest BCUT2D eigenvalue weighted by Gasteiger charge is -2.27. The van der Waals surface area contributed by atoms with Crippen LogP contribution in [0.3, 0.4) is 0 Å². The van der Waals surface area contributed by atoms with Crippen molar-refractivity contribution in [1.29, 1.82) is 5.26 Å². The molecule has 0 saturated heterocycles. The molecular weight excluding hydrogens is 302 g/mol. The fourth-order valence-corrected chi connectivity index (χ4v) is 3.07. The van der Waals surface area contributed by atoms with Crippen molar-refractivity contribution in [2.75, 3.05) is 13.1 Å². The monoisotopic (exact) mass is 317 g/mol. The highest BCUT2D eigenvalue weighted by atomic mass is 16.1. The van der Waals surface area contributed by atoms with Crippen LogP contribution in [0.25, 0.3) is 22.2 Å². The summed E-state index contributed by atoms with van der Waals surface area (Å²) < 4.78 is 1.72. The largest absolute Gasteiger partial charge is 0.294 e. The molecule has 6 heteroatoms. The van der Waals surface area contributed by atoms with Crippen LogP contribution in [-0.2, 0) is 13.1 Å². The smallest absolute Gasteiger partial charge is 0.261 e. The van der Waals surface area contributed by atoms with E-state index in [0.29, 0.717) is 42.9 Å². The number of nitriles is 1. The van der Waals surface area contributed by atoms with Gasteiger partial charge in [0.05, 0.1) is 35.8 Å². The van der Waals surface area contributed by atoms with E-state index >= 15 is 0 Å². The van der Waals surface area contributed by atoms with Gasteiger partial charge in [-0.15, -0.1) is 0 Å². The van der Waals surface area contributed by atoms with Crippen LogP contribution >= 0.6 is 0 Å². The van der Waals surface area contributed by atoms with Crippen molar-refractivity contribution in [2.24, 2.45) is 0 Å². The summed E-state index contributed by atoms with van der Waals surface area (Å²) >= 11 is 0. The molecule has 118 valence electrons. The molecule has 24 heavy (non-hydrogen) atoms. The number of hydrogen-bond acceptors (Lipinski definition) is 5. The first-order chi connectivity index (χ1) is 11.8. The van der Waals surface area contributed by atoms with E-state index in [9.17, 15) is 4.79 Å². The molecule has 4 rings (SSSR count). The van der Waals surface area contributed by atoms with Crippen LogP contribution in [0, 0.1) is 11.3 Å². The highest BCUT2D eigenvalue weighted by Gasteiger charge is 2.19. The van der Waals surface area contributed by atoms with E-state index in [2.05, 4.69) is 16.0 Å². The van der Waals surface area contributed by atoms with Gasteiger partial charge in [-0.3, -0.25) is 19.2 Å². The van der Waals surface area contributed by atoms with E-state index in [1.165, 1.54) is 0 Å². The lowest BCUT2D eigenvalue weighted by Crippen LogP contribution is -2.40. The lowest BCUT2D eigenvalue weighted by atomic mass is 10.1. The highest BCUT2D eigenvalue weighted by molar-refractivity contribution is 5.83. The van der Waals surface area contributed by atoms with Gasteiger partial charge in [-0.05, 0) is 24.3 Å². The van der Waals surface area contributed by atoms with Crippen LogP contribution in [-0.4, -0.2) is 32.5 Å². The summed E-state index contributed by atoms with van der Waals surface area (Å²) in [6.45, 7) is 2.13. The molecule has 6 nitrogen and oxygen atoms in total. The number of benzene rings is 1. The second-order valence-corrected chi connectivity index (χ2v) is 5.80. The summed E-state index contributed by atoms with van der Waals surface area (Å²) in [6.07, 6.45) is 1.74. The van der Waals surface area contributed by atoms with E-state index in [1.807, 2.05) is 41.3 Å². The third-order valence-corrected chi connectivity index (χ3v) is 4.29. The molecule has 1 aliphatic heterocycles. The fraction of sp³-hybridized carbons (Fsp3) is 0.222. The maximum absolute atomic E-state index is 12.7. The molecule has 0 N–H and O–H groups in total. The molecule has 0 unspecified atom stereocenters. The van der Waals surface area contributed by atoms with Crippen molar-refractivity contribution in [1.82, 2.24) is 19.4 Å². The van der Waals surface area contributed by atoms with Crippen molar-refractivity contribution in [3.8, 4) is 17.3 Å². The number of aromatic nitrogens is 3. The summed E-state index contributed by atoms with van der Waals surface area (Å²) in [6, 6.07) is 13.5. The molecule has 3 aromatic rings. The average molecular weight is 317 g/mol. The average Bonchev–Trinajstić information content (AvgIpc) is 2.62. The number of rotatable bonds is 2. The van der Waals surface area contributed by atoms with Gasteiger partial charge in [0.25, 0.3) is 5.56 Å². The minimum atomic E-state index is -0.0146. The maximum Gasteiger partial charge on any atom is 0.261 e. The maximum atomic E-state index is 12.7.